The van der Waals surface area contributed by atoms with E-state index in [1.54, 1.807) is 0 Å². The first-order chi connectivity index (χ1) is 4.06. The highest BCUT2D eigenvalue weighted by Crippen LogP contribution is 1.93. The summed E-state index contributed by atoms with van der Waals surface area (Å²) >= 11 is 0. The Hall–Kier alpha value is 0.00987. The molecule has 5 heteroatoms. The number of hydrogen-bond acceptors (Lipinski definition) is 3. The van der Waals surface area contributed by atoms with Gasteiger partial charge in [-0.2, -0.15) is 0 Å². The van der Waals surface area contributed by atoms with Gasteiger partial charge in [0.15, 0.2) is 0 Å². The summed E-state index contributed by atoms with van der Waals surface area (Å²) in [6, 6.07) is 0. The molecule has 0 heterocycles. The Bertz CT molecular complexity index is 73.5. The fourth-order valence-electron chi connectivity index (χ4n) is 0.319. The number of aliphatic hydroxyl groups is 1. The highest BCUT2D eigenvalue weighted by atomic mass is 16.6. The maximum absolute atomic E-state index is 8.54. The molecule has 0 unspecified atom stereocenters. The lowest BCUT2D eigenvalue weighted by molar-refractivity contribution is -0.0752. The molecular weight excluding hydrogens is 116 g/mol. The quantitative estimate of drug-likeness (QED) is 0.267. The largest absolute Gasteiger partial charge is 0.384 e. The van der Waals surface area contributed by atoms with E-state index in [0.29, 0.717) is 13.0 Å². The van der Waals surface area contributed by atoms with Gasteiger partial charge >= 0.3 is 0 Å². The summed E-state index contributed by atoms with van der Waals surface area (Å²) < 4.78 is 4.50. The molecule has 0 bridgehead atoms. The van der Waals surface area contributed by atoms with Gasteiger partial charge in [-0.1, -0.05) is 0 Å². The van der Waals surface area contributed by atoms with E-state index in [1.165, 1.54) is 0 Å². The Morgan fingerprint density at radius 1 is 1.56 bits per heavy atom. The summed E-state index contributed by atoms with van der Waals surface area (Å²) in [4.78, 5) is 0. The van der Waals surface area contributed by atoms with Crippen LogP contribution in [0.4, 0.5) is 0 Å². The van der Waals surface area contributed by atoms with Crippen LogP contribution in [0.5, 0.6) is 0 Å². The van der Waals surface area contributed by atoms with E-state index in [1.807, 2.05) is 0 Å². The van der Waals surface area contributed by atoms with Crippen LogP contribution in [0.3, 0.4) is 0 Å². The van der Waals surface area contributed by atoms with Gasteiger partial charge < -0.3 is 15.6 Å². The Kier molecular flexibility index (Phi) is 3.93. The van der Waals surface area contributed by atoms with Gasteiger partial charge in [0.1, 0.15) is 15.7 Å². The number of hydrogen-bond donors (Lipinski definition) is 2. The molecule has 48 valence electrons. The Morgan fingerprint density at radius 2 is 2.11 bits per heavy atom. The molecule has 0 fully saturated rings. The molecule has 0 aromatic heterocycles. The summed E-state index contributed by atoms with van der Waals surface area (Å²) in [5.74, 6) is 0. The molecule has 3 N–H and O–H groups in total. The van der Waals surface area contributed by atoms with Crippen LogP contribution in [0.25, 0.3) is 0 Å². The molecule has 4 radical (unpaired) electrons. The van der Waals surface area contributed by atoms with Crippen molar-refractivity contribution in [2.24, 2.45) is 5.73 Å². The van der Waals surface area contributed by atoms with Gasteiger partial charge in [-0.25, -0.2) is 0 Å². The fraction of sp³-hybridized carbons (Fsp3) is 1.00. The van der Waals surface area contributed by atoms with Crippen LogP contribution in [0.15, 0.2) is 0 Å². The first-order valence-electron chi connectivity index (χ1n) is 2.70. The van der Waals surface area contributed by atoms with E-state index < -0.39 is 5.59 Å². The normalized spacial score (nSPS) is 11.8. The molecule has 0 amide bonds. The molecule has 0 saturated heterocycles. The smallest absolute Gasteiger partial charge is 0.138 e. The van der Waals surface area contributed by atoms with Crippen molar-refractivity contribution in [3.05, 3.63) is 0 Å². The van der Waals surface area contributed by atoms with Gasteiger partial charge in [0.2, 0.25) is 0 Å². The fourth-order valence-corrected chi connectivity index (χ4v) is 0.319. The SMILES string of the molecule is [B]C([B])(O)OCCCN. The van der Waals surface area contributed by atoms with E-state index in [-0.39, 0.29) is 6.61 Å². The molecule has 3 nitrogen and oxygen atoms in total. The first-order valence-corrected chi connectivity index (χ1v) is 2.70. The van der Waals surface area contributed by atoms with Crippen molar-refractivity contribution >= 4 is 15.7 Å². The third kappa shape index (κ3) is 8.01. The maximum Gasteiger partial charge on any atom is 0.138 e. The summed E-state index contributed by atoms with van der Waals surface area (Å²) in [6.07, 6.45) is 0.636. The van der Waals surface area contributed by atoms with Crippen molar-refractivity contribution in [3.8, 4) is 0 Å². The maximum atomic E-state index is 8.54. The number of nitrogens with two attached hydrogens (primary N) is 1. The van der Waals surface area contributed by atoms with Gasteiger partial charge in [-0.05, 0) is 13.0 Å². The molecular formula is C4H9B2NO2. The molecule has 0 aliphatic heterocycles. The van der Waals surface area contributed by atoms with Crippen LogP contribution in [0.2, 0.25) is 0 Å². The second kappa shape index (κ2) is 3.93. The minimum Gasteiger partial charge on any atom is -0.384 e. The van der Waals surface area contributed by atoms with Crippen molar-refractivity contribution in [2.45, 2.75) is 12.0 Å². The summed E-state index contributed by atoms with van der Waals surface area (Å²) in [5.41, 5.74) is 3.11. The van der Waals surface area contributed by atoms with Crippen molar-refractivity contribution in [2.75, 3.05) is 13.2 Å². The molecule has 0 aromatic carbocycles. The molecule has 0 aliphatic rings. The van der Waals surface area contributed by atoms with Gasteiger partial charge in [-0.15, -0.1) is 0 Å². The summed E-state index contributed by atoms with van der Waals surface area (Å²) in [5, 5.41) is 8.54. The van der Waals surface area contributed by atoms with Gasteiger partial charge in [0, 0.05) is 6.61 Å². The first kappa shape index (κ1) is 9.01. The van der Waals surface area contributed by atoms with Crippen LogP contribution >= 0.6 is 0 Å². The zero-order valence-corrected chi connectivity index (χ0v) is 5.21. The average Bonchev–Trinajstić information content (AvgIpc) is 1.63. The predicted octanol–water partition coefficient (Wildman–Crippen LogP) is -1.71. The average molecular weight is 125 g/mol. The lowest BCUT2D eigenvalue weighted by atomic mass is 9.77. The lowest BCUT2D eigenvalue weighted by Crippen LogP contribution is -2.33. The van der Waals surface area contributed by atoms with Crippen LogP contribution in [-0.2, 0) is 4.74 Å². The van der Waals surface area contributed by atoms with E-state index in [4.69, 9.17) is 26.5 Å². The lowest BCUT2D eigenvalue weighted by Gasteiger charge is -2.18. The van der Waals surface area contributed by atoms with Crippen LogP contribution in [0.1, 0.15) is 6.42 Å². The number of ether oxygens (including phenoxy) is 1. The second-order valence-corrected chi connectivity index (χ2v) is 1.74. The minimum atomic E-state index is -2.00. The van der Waals surface area contributed by atoms with Crippen molar-refractivity contribution < 1.29 is 9.84 Å². The molecule has 9 heavy (non-hydrogen) atoms. The molecule has 0 aliphatic carbocycles. The van der Waals surface area contributed by atoms with Crippen molar-refractivity contribution in [3.63, 3.8) is 0 Å². The van der Waals surface area contributed by atoms with Crippen LogP contribution in [-0.4, -0.2) is 39.5 Å². The zero-order chi connectivity index (χ0) is 7.33. The Balaban J connectivity index is 3.07. The van der Waals surface area contributed by atoms with E-state index in [9.17, 15) is 0 Å². The van der Waals surface area contributed by atoms with Crippen molar-refractivity contribution in [1.29, 1.82) is 0 Å². The van der Waals surface area contributed by atoms with E-state index in [0.717, 1.165) is 0 Å². The predicted molar refractivity (Wildman–Crippen MR) is 36.1 cm³/mol. The monoisotopic (exact) mass is 125 g/mol. The summed E-state index contributed by atoms with van der Waals surface area (Å²) in [7, 11) is 9.69. The molecule has 0 saturated carbocycles. The topological polar surface area (TPSA) is 55.5 Å². The van der Waals surface area contributed by atoms with E-state index >= 15 is 0 Å². The molecule has 0 rings (SSSR count). The second-order valence-electron chi connectivity index (χ2n) is 1.74. The van der Waals surface area contributed by atoms with Gasteiger partial charge in [0.25, 0.3) is 0 Å². The molecule has 0 aromatic rings. The van der Waals surface area contributed by atoms with Gasteiger partial charge in [0.05, 0.1) is 5.59 Å². The molecule has 0 atom stereocenters. The van der Waals surface area contributed by atoms with Crippen LogP contribution in [0, 0.1) is 0 Å². The van der Waals surface area contributed by atoms with Crippen molar-refractivity contribution in [1.82, 2.24) is 0 Å². The number of rotatable bonds is 4. The standard InChI is InChI=1S/C4H9B2NO2/c5-4(6,8)9-3-1-2-7/h8H,1-3,7H2. The Morgan fingerprint density at radius 3 is 2.44 bits per heavy atom. The third-order valence-corrected chi connectivity index (χ3v) is 0.682. The zero-order valence-electron chi connectivity index (χ0n) is 5.21. The highest BCUT2D eigenvalue weighted by molar-refractivity contribution is 6.37. The highest BCUT2D eigenvalue weighted by Gasteiger charge is 2.09. The minimum absolute atomic E-state index is 0.278. The van der Waals surface area contributed by atoms with E-state index in [2.05, 4.69) is 4.74 Å². The molecule has 0 spiro atoms. The summed E-state index contributed by atoms with van der Waals surface area (Å²) in [6.45, 7) is 0.774. The van der Waals surface area contributed by atoms with Gasteiger partial charge in [-0.3, -0.25) is 0 Å². The third-order valence-electron chi connectivity index (χ3n) is 0.682. The van der Waals surface area contributed by atoms with Crippen LogP contribution < -0.4 is 5.73 Å². The Labute approximate surface area is 57.4 Å².